The first-order chi connectivity index (χ1) is 16.4. The van der Waals surface area contributed by atoms with Crippen molar-refractivity contribution in [2.24, 2.45) is 5.92 Å². The zero-order chi connectivity index (χ0) is 23.7. The average Bonchev–Trinajstić information content (AvgIpc) is 3.30. The zero-order valence-electron chi connectivity index (χ0n) is 18.2. The Hall–Kier alpha value is -3.20. The summed E-state index contributed by atoms with van der Waals surface area (Å²) in [4.78, 5) is 20.6. The van der Waals surface area contributed by atoms with Crippen LogP contribution in [0.1, 0.15) is 12.8 Å². The molecule has 0 aliphatic carbocycles. The second-order valence-corrected chi connectivity index (χ2v) is 10.7. The molecule has 0 spiro atoms. The number of fused-ring (bicyclic) bond motifs is 1. The molecule has 0 unspecified atom stereocenters. The predicted molar refractivity (Wildman–Crippen MR) is 133 cm³/mol. The molecule has 1 amide bonds. The second-order valence-electron chi connectivity index (χ2n) is 8.30. The van der Waals surface area contributed by atoms with Gasteiger partial charge in [0.15, 0.2) is 0 Å². The van der Waals surface area contributed by atoms with Crippen molar-refractivity contribution in [1.82, 2.24) is 14.3 Å². The number of nitrogens with one attached hydrogen (secondary N) is 2. The van der Waals surface area contributed by atoms with Crippen LogP contribution in [0.25, 0.3) is 22.4 Å². The second kappa shape index (κ2) is 9.21. The fourth-order valence-electron chi connectivity index (χ4n) is 4.17. The quantitative estimate of drug-likeness (QED) is 0.411. The summed E-state index contributed by atoms with van der Waals surface area (Å²) < 4.78 is 28.0. The maximum absolute atomic E-state index is 13.3. The number of sulfonamides is 1. The van der Waals surface area contributed by atoms with E-state index in [0.717, 1.165) is 5.56 Å². The molecule has 0 atom stereocenters. The highest BCUT2D eigenvalue weighted by Gasteiger charge is 2.32. The number of amides is 1. The number of rotatable bonds is 5. The summed E-state index contributed by atoms with van der Waals surface area (Å²) >= 11 is 5.89. The van der Waals surface area contributed by atoms with Crippen LogP contribution in [-0.4, -0.2) is 41.7 Å². The van der Waals surface area contributed by atoms with Crippen molar-refractivity contribution in [3.05, 3.63) is 77.8 Å². The number of H-pyrrole nitrogens is 1. The fourth-order valence-corrected chi connectivity index (χ4v) is 5.79. The van der Waals surface area contributed by atoms with Crippen LogP contribution in [0.3, 0.4) is 0 Å². The lowest BCUT2D eigenvalue weighted by atomic mass is 9.97. The molecule has 0 saturated carbocycles. The monoisotopic (exact) mass is 494 g/mol. The summed E-state index contributed by atoms with van der Waals surface area (Å²) in [5, 5.41) is 3.48. The molecule has 7 nitrogen and oxygen atoms in total. The third-order valence-electron chi connectivity index (χ3n) is 6.07. The van der Waals surface area contributed by atoms with Crippen LogP contribution in [-0.2, 0) is 14.8 Å². The molecule has 9 heteroatoms. The molecule has 1 aromatic heterocycles. The Bertz CT molecular complexity index is 1430. The number of aromatic amines is 1. The molecule has 1 aliphatic rings. The highest BCUT2D eigenvalue weighted by molar-refractivity contribution is 7.89. The average molecular weight is 495 g/mol. The first-order valence-electron chi connectivity index (χ1n) is 11.0. The van der Waals surface area contributed by atoms with Crippen LogP contribution in [0.2, 0.25) is 5.02 Å². The molecule has 1 saturated heterocycles. The van der Waals surface area contributed by atoms with E-state index in [-0.39, 0.29) is 29.8 Å². The number of hydrogen-bond donors (Lipinski definition) is 2. The number of halogens is 1. The van der Waals surface area contributed by atoms with Gasteiger partial charge in [0.1, 0.15) is 5.82 Å². The molecule has 5 rings (SSSR count). The van der Waals surface area contributed by atoms with Crippen LogP contribution in [0.4, 0.5) is 5.69 Å². The highest BCUT2D eigenvalue weighted by atomic mass is 35.5. The van der Waals surface area contributed by atoms with Gasteiger partial charge >= 0.3 is 0 Å². The SMILES string of the molecule is O=C(Nc1ccc(Cl)cc1)C1CCN(S(=O)(=O)c2ccc3nc(-c4ccccc4)[nH]c3c2)CC1. The van der Waals surface area contributed by atoms with Gasteiger partial charge in [-0.1, -0.05) is 41.9 Å². The fraction of sp³-hybridized carbons (Fsp3) is 0.200. The van der Waals surface area contributed by atoms with E-state index in [2.05, 4.69) is 15.3 Å². The molecular formula is C25H23ClN4O3S. The van der Waals surface area contributed by atoms with Gasteiger partial charge in [-0.25, -0.2) is 13.4 Å². The molecule has 1 fully saturated rings. The Balaban J connectivity index is 1.28. The molecule has 1 aliphatic heterocycles. The summed E-state index contributed by atoms with van der Waals surface area (Å²) in [6.45, 7) is 0.578. The smallest absolute Gasteiger partial charge is 0.243 e. The van der Waals surface area contributed by atoms with Crippen molar-refractivity contribution >= 4 is 44.3 Å². The molecule has 4 aromatic rings. The Kier molecular flexibility index (Phi) is 6.12. The molecule has 174 valence electrons. The predicted octanol–water partition coefficient (Wildman–Crippen LogP) is 4.92. The Morgan fingerprint density at radius 1 is 1.00 bits per heavy atom. The Morgan fingerprint density at radius 2 is 1.71 bits per heavy atom. The molecular weight excluding hydrogens is 472 g/mol. The highest BCUT2D eigenvalue weighted by Crippen LogP contribution is 2.28. The van der Waals surface area contributed by atoms with Gasteiger partial charge in [-0.3, -0.25) is 4.79 Å². The first kappa shape index (κ1) is 22.6. The van der Waals surface area contributed by atoms with Crippen molar-refractivity contribution in [3.8, 4) is 11.4 Å². The molecule has 2 heterocycles. The van der Waals surface area contributed by atoms with E-state index in [9.17, 15) is 13.2 Å². The van der Waals surface area contributed by atoms with Crippen molar-refractivity contribution in [2.75, 3.05) is 18.4 Å². The van der Waals surface area contributed by atoms with Gasteiger partial charge < -0.3 is 10.3 Å². The number of anilines is 1. The van der Waals surface area contributed by atoms with Crippen LogP contribution in [0.15, 0.2) is 77.7 Å². The van der Waals surface area contributed by atoms with E-state index < -0.39 is 10.0 Å². The Morgan fingerprint density at radius 3 is 2.41 bits per heavy atom. The van der Waals surface area contributed by atoms with Gasteiger partial charge in [-0.05, 0) is 55.3 Å². The molecule has 0 bridgehead atoms. The number of aromatic nitrogens is 2. The number of benzene rings is 3. The summed E-state index contributed by atoms with van der Waals surface area (Å²) in [5.41, 5.74) is 2.97. The van der Waals surface area contributed by atoms with Crippen molar-refractivity contribution < 1.29 is 13.2 Å². The minimum absolute atomic E-state index is 0.105. The van der Waals surface area contributed by atoms with E-state index in [4.69, 9.17) is 11.6 Å². The van der Waals surface area contributed by atoms with Crippen LogP contribution in [0, 0.1) is 5.92 Å². The maximum Gasteiger partial charge on any atom is 0.243 e. The number of carbonyl (C=O) groups is 1. The largest absolute Gasteiger partial charge is 0.338 e. The Labute approximate surface area is 202 Å². The van der Waals surface area contributed by atoms with E-state index in [0.29, 0.717) is 40.4 Å². The third-order valence-corrected chi connectivity index (χ3v) is 8.22. The van der Waals surface area contributed by atoms with Gasteiger partial charge in [0, 0.05) is 35.3 Å². The van der Waals surface area contributed by atoms with Crippen LogP contribution >= 0.6 is 11.6 Å². The number of nitrogens with zero attached hydrogens (tertiary/aromatic N) is 2. The summed E-state index contributed by atoms with van der Waals surface area (Å²) in [7, 11) is -3.68. The van der Waals surface area contributed by atoms with E-state index >= 15 is 0 Å². The lowest BCUT2D eigenvalue weighted by molar-refractivity contribution is -0.120. The third kappa shape index (κ3) is 4.57. The summed E-state index contributed by atoms with van der Waals surface area (Å²) in [6.07, 6.45) is 0.923. The first-order valence-corrected chi connectivity index (χ1v) is 12.8. The number of carbonyl (C=O) groups excluding carboxylic acids is 1. The van der Waals surface area contributed by atoms with Gasteiger partial charge in [-0.2, -0.15) is 4.31 Å². The van der Waals surface area contributed by atoms with E-state index in [1.807, 2.05) is 30.3 Å². The summed E-state index contributed by atoms with van der Waals surface area (Å²) in [5.74, 6) is 0.343. The standard InChI is InChI=1S/C25H23ClN4O3S/c26-19-6-8-20(9-7-19)27-25(31)18-12-14-30(15-13-18)34(32,33)21-10-11-22-23(16-21)29-24(28-22)17-4-2-1-3-5-17/h1-11,16,18H,12-15H2,(H,27,31)(H,28,29). The van der Waals surface area contributed by atoms with E-state index in [1.54, 1.807) is 42.5 Å². The molecule has 34 heavy (non-hydrogen) atoms. The van der Waals surface area contributed by atoms with Gasteiger partial charge in [0.05, 0.1) is 15.9 Å². The van der Waals surface area contributed by atoms with Gasteiger partial charge in [0.25, 0.3) is 0 Å². The summed E-state index contributed by atoms with van der Waals surface area (Å²) in [6, 6.07) is 21.5. The minimum Gasteiger partial charge on any atom is -0.338 e. The number of piperidine rings is 1. The van der Waals surface area contributed by atoms with E-state index in [1.165, 1.54) is 4.31 Å². The minimum atomic E-state index is -3.68. The normalized spacial score (nSPS) is 15.4. The molecule has 3 aromatic carbocycles. The lowest BCUT2D eigenvalue weighted by Gasteiger charge is -2.30. The lowest BCUT2D eigenvalue weighted by Crippen LogP contribution is -2.41. The molecule has 2 N–H and O–H groups in total. The van der Waals surface area contributed by atoms with Crippen molar-refractivity contribution in [3.63, 3.8) is 0 Å². The van der Waals surface area contributed by atoms with Crippen LogP contribution < -0.4 is 5.32 Å². The maximum atomic E-state index is 13.3. The van der Waals surface area contributed by atoms with Crippen LogP contribution in [0.5, 0.6) is 0 Å². The molecule has 0 radical (unpaired) electrons. The number of imidazole rings is 1. The number of hydrogen-bond acceptors (Lipinski definition) is 4. The van der Waals surface area contributed by atoms with Gasteiger partial charge in [0.2, 0.25) is 15.9 Å². The van der Waals surface area contributed by atoms with Gasteiger partial charge in [-0.15, -0.1) is 0 Å². The zero-order valence-corrected chi connectivity index (χ0v) is 19.8. The van der Waals surface area contributed by atoms with Crippen molar-refractivity contribution in [1.29, 1.82) is 0 Å². The topological polar surface area (TPSA) is 95.2 Å². The van der Waals surface area contributed by atoms with Crippen molar-refractivity contribution in [2.45, 2.75) is 17.7 Å².